The van der Waals surface area contributed by atoms with Crippen LogP contribution >= 0.6 is 0 Å². The number of rotatable bonds is 7. The van der Waals surface area contributed by atoms with Crippen molar-refractivity contribution in [3.8, 4) is 5.75 Å². The van der Waals surface area contributed by atoms with Crippen molar-refractivity contribution in [2.45, 2.75) is 55.1 Å². The number of aliphatic carboxylic acids is 1. The highest BCUT2D eigenvalue weighted by Crippen LogP contribution is 2.66. The maximum absolute atomic E-state index is 16.1. The highest BCUT2D eigenvalue weighted by molar-refractivity contribution is 7.89. The fourth-order valence-corrected chi connectivity index (χ4v) is 7.61. The Morgan fingerprint density at radius 1 is 1.19 bits per heavy atom. The molecule has 11 heteroatoms. The van der Waals surface area contributed by atoms with Crippen LogP contribution in [0, 0.1) is 5.92 Å². The number of fused-ring (bicyclic) bond motifs is 3. The number of hydrogen-bond acceptors (Lipinski definition) is 5. The van der Waals surface area contributed by atoms with Crippen LogP contribution in [0.3, 0.4) is 0 Å². The van der Waals surface area contributed by atoms with Crippen LogP contribution < -0.4 is 4.74 Å². The van der Waals surface area contributed by atoms with Crippen LogP contribution in [-0.2, 0) is 21.4 Å². The minimum atomic E-state index is -4.90. The summed E-state index contributed by atoms with van der Waals surface area (Å²) >= 11 is 0. The summed E-state index contributed by atoms with van der Waals surface area (Å²) in [6.45, 7) is 2.46. The molecule has 3 aliphatic rings. The van der Waals surface area contributed by atoms with Crippen LogP contribution in [0.5, 0.6) is 5.75 Å². The Morgan fingerprint density at radius 3 is 2.62 bits per heavy atom. The zero-order chi connectivity index (χ0) is 26.5. The van der Waals surface area contributed by atoms with Crippen LogP contribution in [-0.4, -0.2) is 71.6 Å². The van der Waals surface area contributed by atoms with Crippen LogP contribution in [0.15, 0.2) is 53.4 Å². The third kappa shape index (κ3) is 3.86. The molecule has 2 aliphatic heterocycles. The second-order valence-electron chi connectivity index (χ2n) is 9.93. The number of ether oxygens (including phenoxy) is 1. The fourth-order valence-electron chi connectivity index (χ4n) is 6.00. The molecule has 1 saturated carbocycles. The minimum Gasteiger partial charge on any atom is -0.493 e. The van der Waals surface area contributed by atoms with Crippen molar-refractivity contribution < 1.29 is 32.3 Å². The number of sulfonamides is 1. The maximum Gasteiger partial charge on any atom is 0.329 e. The van der Waals surface area contributed by atoms with Gasteiger partial charge in [0.2, 0.25) is 0 Å². The molecule has 4 atom stereocenters. The largest absolute Gasteiger partial charge is 0.493 e. The first-order valence-corrected chi connectivity index (χ1v) is 13.9. The molecular weight excluding hydrogens is 501 g/mol. The van der Waals surface area contributed by atoms with Gasteiger partial charge in [-0.2, -0.15) is 0 Å². The van der Waals surface area contributed by atoms with Gasteiger partial charge in [0.1, 0.15) is 5.75 Å². The van der Waals surface area contributed by atoms with Gasteiger partial charge in [-0.25, -0.2) is 13.2 Å². The Kier molecular flexibility index (Phi) is 6.39. The monoisotopic (exact) mass is 531 g/mol. The van der Waals surface area contributed by atoms with Crippen LogP contribution in [0.25, 0.3) is 0 Å². The third-order valence-electron chi connectivity index (χ3n) is 7.93. The van der Waals surface area contributed by atoms with Crippen molar-refractivity contribution in [3.63, 3.8) is 0 Å². The average Bonchev–Trinajstić information content (AvgIpc) is 3.37. The average molecular weight is 532 g/mol. The molecule has 5 rings (SSSR count). The van der Waals surface area contributed by atoms with Crippen LogP contribution in [0.4, 0.5) is 9.28 Å². The van der Waals surface area contributed by atoms with Crippen LogP contribution in [0.1, 0.15) is 43.2 Å². The first-order chi connectivity index (χ1) is 17.6. The number of para-hydroxylation sites is 1. The van der Waals surface area contributed by atoms with Gasteiger partial charge >= 0.3 is 12.0 Å². The lowest BCUT2D eigenvalue weighted by Crippen LogP contribution is -2.46. The van der Waals surface area contributed by atoms with E-state index in [-0.39, 0.29) is 35.7 Å². The molecule has 2 fully saturated rings. The molecule has 0 spiro atoms. The summed E-state index contributed by atoms with van der Waals surface area (Å²) in [4.78, 5) is 28.4. The van der Waals surface area contributed by atoms with Gasteiger partial charge in [-0.1, -0.05) is 43.3 Å². The summed E-state index contributed by atoms with van der Waals surface area (Å²) in [5.41, 5.74) is -1.65. The fraction of sp³-hybridized carbons (Fsp3) is 0.462. The van der Waals surface area contributed by atoms with E-state index < -0.39 is 37.9 Å². The molecular formula is C26H30FN3O6S. The predicted molar refractivity (Wildman–Crippen MR) is 132 cm³/mol. The number of halogens is 1. The predicted octanol–water partition coefficient (Wildman–Crippen LogP) is 3.62. The van der Waals surface area contributed by atoms with E-state index in [1.807, 2.05) is 6.92 Å². The number of urea groups is 1. The second kappa shape index (κ2) is 9.29. The highest BCUT2D eigenvalue weighted by atomic mass is 32.2. The smallest absolute Gasteiger partial charge is 0.329 e. The summed E-state index contributed by atoms with van der Waals surface area (Å²) in [7, 11) is -3.32. The molecule has 0 aromatic heterocycles. The number of hydrogen-bond donors (Lipinski definition) is 1. The molecule has 37 heavy (non-hydrogen) atoms. The number of carboxylic acids is 1. The van der Waals surface area contributed by atoms with E-state index in [9.17, 15) is 23.1 Å². The van der Waals surface area contributed by atoms with E-state index in [1.165, 1.54) is 23.1 Å². The second-order valence-corrected chi connectivity index (χ2v) is 11.6. The Labute approximate surface area is 215 Å². The van der Waals surface area contributed by atoms with E-state index in [0.717, 1.165) is 19.3 Å². The van der Waals surface area contributed by atoms with Crippen molar-refractivity contribution in [2.24, 2.45) is 5.92 Å². The molecule has 0 radical (unpaired) electrons. The number of carbonyl (C=O) groups excluding carboxylic acids is 1. The summed E-state index contributed by atoms with van der Waals surface area (Å²) in [6.07, 6.45) is 2.66. The van der Waals surface area contributed by atoms with Gasteiger partial charge in [0, 0.05) is 43.6 Å². The van der Waals surface area contributed by atoms with Gasteiger partial charge in [0.25, 0.3) is 10.0 Å². The van der Waals surface area contributed by atoms with Crippen molar-refractivity contribution in [2.75, 3.05) is 20.2 Å². The van der Waals surface area contributed by atoms with E-state index in [1.54, 1.807) is 42.3 Å². The molecule has 1 N–H and O–H groups in total. The van der Waals surface area contributed by atoms with Gasteiger partial charge in [-0.3, -0.25) is 4.79 Å². The van der Waals surface area contributed by atoms with E-state index in [4.69, 9.17) is 4.74 Å². The first kappa shape index (κ1) is 25.5. The van der Waals surface area contributed by atoms with E-state index >= 15 is 4.48 Å². The summed E-state index contributed by atoms with van der Waals surface area (Å²) in [6, 6.07) is 12.4. The zero-order valence-corrected chi connectivity index (χ0v) is 21.5. The standard InChI is InChI=1S/C26H30FN3O6S/c1-3-18-10-8-14-29(18)25(33)28(2)15-17-9-4-7-13-22(17)37(34,35)30(27)26(24(31)32)20-16-36-21-12-6-5-11-19(21)23(20)26/h4-7,9,11-13,18,20,23H,3,8,10,14-16H2,1-2H3,(H,31,32)/t18-,20?,23?,26?/m0/s1. The number of carbonyl (C=O) groups is 2. The maximum atomic E-state index is 16.1. The molecule has 1 saturated heterocycles. The molecule has 2 amide bonds. The van der Waals surface area contributed by atoms with Crippen LogP contribution in [0.2, 0.25) is 0 Å². The molecule has 2 aromatic rings. The SMILES string of the molecule is CC[C@H]1CCCN1C(=O)N(C)Cc1ccccc1S(=O)(=O)N(F)C1(C(=O)O)C2COc3ccccc3C21. The molecule has 0 bridgehead atoms. The lowest BCUT2D eigenvalue weighted by Gasteiger charge is -2.30. The molecule has 2 aromatic carbocycles. The summed E-state index contributed by atoms with van der Waals surface area (Å²) in [5, 5.41) is 10.1. The van der Waals surface area contributed by atoms with Gasteiger partial charge in [-0.05, 0) is 41.5 Å². The van der Waals surface area contributed by atoms with E-state index in [2.05, 4.69) is 0 Å². The molecule has 9 nitrogen and oxygen atoms in total. The number of carboxylic acid groups (broad SMARTS) is 1. The van der Waals surface area contributed by atoms with Crippen molar-refractivity contribution in [1.82, 2.24) is 14.3 Å². The zero-order valence-electron chi connectivity index (χ0n) is 20.7. The Hall–Kier alpha value is -3.18. The highest BCUT2D eigenvalue weighted by Gasteiger charge is 2.79. The first-order valence-electron chi connectivity index (χ1n) is 12.4. The Morgan fingerprint density at radius 2 is 1.89 bits per heavy atom. The number of likely N-dealkylation sites (tertiary alicyclic amines) is 1. The normalized spacial score (nSPS) is 26.3. The Bertz CT molecular complexity index is 1340. The molecule has 3 unspecified atom stereocenters. The third-order valence-corrected chi connectivity index (χ3v) is 9.61. The van der Waals surface area contributed by atoms with Crippen molar-refractivity contribution in [3.05, 3.63) is 59.7 Å². The minimum absolute atomic E-state index is 0.0755. The number of benzene rings is 2. The van der Waals surface area contributed by atoms with Gasteiger partial charge in [-0.15, -0.1) is 4.48 Å². The quantitative estimate of drug-likeness (QED) is 0.547. The van der Waals surface area contributed by atoms with Gasteiger partial charge < -0.3 is 19.6 Å². The lowest BCUT2D eigenvalue weighted by atomic mass is 10.0. The molecule has 198 valence electrons. The van der Waals surface area contributed by atoms with Crippen molar-refractivity contribution in [1.29, 1.82) is 0 Å². The van der Waals surface area contributed by atoms with Crippen molar-refractivity contribution >= 4 is 22.0 Å². The summed E-state index contributed by atoms with van der Waals surface area (Å²) < 4.78 is 48.5. The summed E-state index contributed by atoms with van der Waals surface area (Å²) in [5.74, 6) is -2.91. The number of nitrogens with zero attached hydrogens (tertiary/aromatic N) is 3. The number of amides is 2. The Balaban J connectivity index is 1.45. The lowest BCUT2D eigenvalue weighted by molar-refractivity contribution is -0.149. The molecule has 2 heterocycles. The van der Waals surface area contributed by atoms with Gasteiger partial charge in [0.15, 0.2) is 5.54 Å². The van der Waals surface area contributed by atoms with E-state index in [0.29, 0.717) is 17.9 Å². The van der Waals surface area contributed by atoms with Gasteiger partial charge in [0.05, 0.1) is 11.5 Å². The molecule has 1 aliphatic carbocycles. The topological polar surface area (TPSA) is 107 Å².